The van der Waals surface area contributed by atoms with E-state index in [0.29, 0.717) is 10.8 Å². The van der Waals surface area contributed by atoms with Crippen molar-refractivity contribution in [2.45, 2.75) is 12.5 Å². The van der Waals surface area contributed by atoms with E-state index in [-0.39, 0.29) is 18.4 Å². The Bertz CT molecular complexity index is 674. The highest BCUT2D eigenvalue weighted by molar-refractivity contribution is 6.30. The Morgan fingerprint density at radius 1 is 1.21 bits per heavy atom. The zero-order valence-corrected chi connectivity index (χ0v) is 15.0. The molecule has 0 radical (unpaired) electrons. The van der Waals surface area contributed by atoms with Gasteiger partial charge in [0, 0.05) is 17.1 Å². The van der Waals surface area contributed by atoms with Gasteiger partial charge in [0.2, 0.25) is 5.91 Å². The van der Waals surface area contributed by atoms with Crippen LogP contribution in [0.5, 0.6) is 5.75 Å². The standard InChI is InChI=1S/C19H23ClN2O2/c1-22(2)13-17(14-7-5-4-6-8-14)21-19(23)12-15-11-16(20)9-10-18(15)24-3/h4-11,17H,12-13H2,1-3H3,(H,21,23)/t17-/m0/s1. The van der Waals surface area contributed by atoms with Crippen LogP contribution in [0.3, 0.4) is 0 Å². The third-order valence-electron chi connectivity index (χ3n) is 3.68. The zero-order valence-electron chi connectivity index (χ0n) is 14.3. The number of hydrogen-bond acceptors (Lipinski definition) is 3. The first-order chi connectivity index (χ1) is 11.5. The first kappa shape index (κ1) is 18.3. The van der Waals surface area contributed by atoms with E-state index in [9.17, 15) is 4.79 Å². The highest BCUT2D eigenvalue weighted by Crippen LogP contribution is 2.23. The van der Waals surface area contributed by atoms with Crippen LogP contribution in [0.2, 0.25) is 5.02 Å². The molecule has 2 aromatic carbocycles. The number of methoxy groups -OCH3 is 1. The predicted molar refractivity (Wildman–Crippen MR) is 97.6 cm³/mol. The van der Waals surface area contributed by atoms with Crippen LogP contribution >= 0.6 is 11.6 Å². The Morgan fingerprint density at radius 3 is 2.54 bits per heavy atom. The van der Waals surface area contributed by atoms with Crippen LogP contribution in [-0.4, -0.2) is 38.6 Å². The number of carbonyl (C=O) groups is 1. The molecule has 0 aliphatic heterocycles. The van der Waals surface area contributed by atoms with Crippen molar-refractivity contribution >= 4 is 17.5 Å². The summed E-state index contributed by atoms with van der Waals surface area (Å²) in [6.45, 7) is 0.725. The van der Waals surface area contributed by atoms with Crippen molar-refractivity contribution in [2.75, 3.05) is 27.7 Å². The summed E-state index contributed by atoms with van der Waals surface area (Å²) in [5.41, 5.74) is 1.86. The molecule has 1 atom stereocenters. The third-order valence-corrected chi connectivity index (χ3v) is 3.91. The maximum atomic E-state index is 12.5. The van der Waals surface area contributed by atoms with Gasteiger partial charge in [0.25, 0.3) is 0 Å². The lowest BCUT2D eigenvalue weighted by molar-refractivity contribution is -0.121. The molecule has 0 bridgehead atoms. The van der Waals surface area contributed by atoms with Crippen LogP contribution < -0.4 is 10.1 Å². The second-order valence-corrected chi connectivity index (χ2v) is 6.36. The molecule has 0 heterocycles. The van der Waals surface area contributed by atoms with E-state index >= 15 is 0 Å². The van der Waals surface area contributed by atoms with Crippen molar-refractivity contribution < 1.29 is 9.53 Å². The summed E-state index contributed by atoms with van der Waals surface area (Å²) in [7, 11) is 5.56. The molecule has 24 heavy (non-hydrogen) atoms. The van der Waals surface area contributed by atoms with Crippen molar-refractivity contribution in [3.8, 4) is 5.75 Å². The fraction of sp³-hybridized carbons (Fsp3) is 0.316. The summed E-state index contributed by atoms with van der Waals surface area (Å²) in [5.74, 6) is 0.602. The Kier molecular flexibility index (Phi) is 6.64. The molecular formula is C19H23ClN2O2. The minimum Gasteiger partial charge on any atom is -0.496 e. The van der Waals surface area contributed by atoms with Gasteiger partial charge in [-0.05, 0) is 37.9 Å². The van der Waals surface area contributed by atoms with Crippen LogP contribution in [0.4, 0.5) is 0 Å². The molecule has 0 fully saturated rings. The van der Waals surface area contributed by atoms with Gasteiger partial charge in [0.05, 0.1) is 19.6 Å². The summed E-state index contributed by atoms with van der Waals surface area (Å²) in [6, 6.07) is 15.2. The van der Waals surface area contributed by atoms with Crippen LogP contribution in [-0.2, 0) is 11.2 Å². The topological polar surface area (TPSA) is 41.6 Å². The van der Waals surface area contributed by atoms with Crippen molar-refractivity contribution in [3.05, 3.63) is 64.7 Å². The van der Waals surface area contributed by atoms with Crippen LogP contribution in [0, 0.1) is 0 Å². The maximum absolute atomic E-state index is 12.5. The normalized spacial score (nSPS) is 12.0. The average molecular weight is 347 g/mol. The number of amides is 1. The summed E-state index contributed by atoms with van der Waals surface area (Å²) < 4.78 is 5.31. The Morgan fingerprint density at radius 2 is 1.92 bits per heavy atom. The molecule has 0 aromatic heterocycles. The number of rotatable bonds is 7. The Hall–Kier alpha value is -2.04. The van der Waals surface area contributed by atoms with E-state index < -0.39 is 0 Å². The van der Waals surface area contributed by atoms with Gasteiger partial charge in [-0.2, -0.15) is 0 Å². The summed E-state index contributed by atoms with van der Waals surface area (Å²) >= 11 is 6.03. The smallest absolute Gasteiger partial charge is 0.225 e. The van der Waals surface area contributed by atoms with Gasteiger partial charge in [-0.25, -0.2) is 0 Å². The molecule has 0 aliphatic carbocycles. The lowest BCUT2D eigenvalue weighted by atomic mass is 10.1. The molecule has 5 heteroatoms. The van der Waals surface area contributed by atoms with E-state index in [1.54, 1.807) is 25.3 Å². The number of carbonyl (C=O) groups excluding carboxylic acids is 1. The zero-order chi connectivity index (χ0) is 17.5. The van der Waals surface area contributed by atoms with Gasteiger partial charge in [-0.3, -0.25) is 4.79 Å². The monoisotopic (exact) mass is 346 g/mol. The van der Waals surface area contributed by atoms with Gasteiger partial charge in [-0.15, -0.1) is 0 Å². The van der Waals surface area contributed by atoms with E-state index in [0.717, 1.165) is 17.7 Å². The molecule has 0 aliphatic rings. The van der Waals surface area contributed by atoms with Crippen LogP contribution in [0.1, 0.15) is 17.2 Å². The number of nitrogens with one attached hydrogen (secondary N) is 1. The molecule has 0 saturated carbocycles. The number of likely N-dealkylation sites (N-methyl/N-ethyl adjacent to an activating group) is 1. The summed E-state index contributed by atoms with van der Waals surface area (Å²) in [6.07, 6.45) is 0.223. The molecule has 2 rings (SSSR count). The molecule has 2 aromatic rings. The quantitative estimate of drug-likeness (QED) is 0.836. The molecule has 0 saturated heterocycles. The fourth-order valence-electron chi connectivity index (χ4n) is 2.59. The fourth-order valence-corrected chi connectivity index (χ4v) is 2.78. The molecule has 1 N–H and O–H groups in total. The van der Waals surface area contributed by atoms with Gasteiger partial charge in [0.15, 0.2) is 0 Å². The number of ether oxygens (including phenoxy) is 1. The number of hydrogen-bond donors (Lipinski definition) is 1. The number of nitrogens with zero attached hydrogens (tertiary/aromatic N) is 1. The first-order valence-corrected chi connectivity index (χ1v) is 8.19. The van der Waals surface area contributed by atoms with Crippen molar-refractivity contribution in [1.29, 1.82) is 0 Å². The van der Waals surface area contributed by atoms with Gasteiger partial charge >= 0.3 is 0 Å². The first-order valence-electron chi connectivity index (χ1n) is 7.81. The highest BCUT2D eigenvalue weighted by atomic mass is 35.5. The van der Waals surface area contributed by atoms with E-state index in [1.165, 1.54) is 0 Å². The van der Waals surface area contributed by atoms with Gasteiger partial charge < -0.3 is 15.0 Å². The van der Waals surface area contributed by atoms with E-state index in [1.807, 2.05) is 44.4 Å². The number of benzene rings is 2. The SMILES string of the molecule is COc1ccc(Cl)cc1CC(=O)N[C@@H](CN(C)C)c1ccccc1. The molecule has 128 valence electrons. The highest BCUT2D eigenvalue weighted by Gasteiger charge is 2.17. The lowest BCUT2D eigenvalue weighted by Gasteiger charge is -2.23. The van der Waals surface area contributed by atoms with Crippen LogP contribution in [0.15, 0.2) is 48.5 Å². The molecule has 4 nitrogen and oxygen atoms in total. The van der Waals surface area contributed by atoms with Gasteiger partial charge in [-0.1, -0.05) is 41.9 Å². The predicted octanol–water partition coefficient (Wildman–Crippen LogP) is 3.31. The van der Waals surface area contributed by atoms with Crippen LogP contribution in [0.25, 0.3) is 0 Å². The Balaban J connectivity index is 2.12. The largest absolute Gasteiger partial charge is 0.496 e. The Labute approximate surface area is 148 Å². The lowest BCUT2D eigenvalue weighted by Crippen LogP contribution is -2.36. The number of halogens is 1. The minimum atomic E-state index is -0.0705. The summed E-state index contributed by atoms with van der Waals surface area (Å²) in [5, 5.41) is 3.69. The second kappa shape index (κ2) is 8.71. The van der Waals surface area contributed by atoms with E-state index in [2.05, 4.69) is 10.2 Å². The minimum absolute atomic E-state index is 0.0636. The maximum Gasteiger partial charge on any atom is 0.225 e. The van der Waals surface area contributed by atoms with Gasteiger partial charge in [0.1, 0.15) is 5.75 Å². The molecule has 1 amide bonds. The summed E-state index contributed by atoms with van der Waals surface area (Å²) in [4.78, 5) is 14.6. The third kappa shape index (κ3) is 5.25. The second-order valence-electron chi connectivity index (χ2n) is 5.93. The van der Waals surface area contributed by atoms with E-state index in [4.69, 9.17) is 16.3 Å². The van der Waals surface area contributed by atoms with Crippen molar-refractivity contribution in [2.24, 2.45) is 0 Å². The molecular weight excluding hydrogens is 324 g/mol. The molecule has 0 spiro atoms. The van der Waals surface area contributed by atoms with Crippen molar-refractivity contribution in [1.82, 2.24) is 10.2 Å². The molecule has 0 unspecified atom stereocenters. The average Bonchev–Trinajstić information content (AvgIpc) is 2.55. The van der Waals surface area contributed by atoms with Crippen molar-refractivity contribution in [3.63, 3.8) is 0 Å².